The molecular weight excluding hydrogens is 524 g/mol. The normalized spacial score (nSPS) is 20.2. The van der Waals surface area contributed by atoms with E-state index in [1.165, 1.54) is 27.6 Å². The van der Waals surface area contributed by atoms with Crippen molar-refractivity contribution < 1.29 is 18.8 Å². The van der Waals surface area contributed by atoms with E-state index >= 15 is 0 Å². The van der Waals surface area contributed by atoms with Crippen molar-refractivity contribution in [3.8, 4) is 0 Å². The number of esters is 1. The number of aromatic amines is 1. The molecule has 0 spiro atoms. The van der Waals surface area contributed by atoms with Crippen LogP contribution in [-0.2, 0) is 24.5 Å². The molecule has 2 atom stereocenters. The number of fused-ring (bicyclic) bond motifs is 1. The van der Waals surface area contributed by atoms with Crippen LogP contribution in [-0.4, -0.2) is 65.2 Å². The van der Waals surface area contributed by atoms with Crippen molar-refractivity contribution in [3.63, 3.8) is 0 Å². The van der Waals surface area contributed by atoms with Gasteiger partial charge in [-0.25, -0.2) is 14.8 Å². The van der Waals surface area contributed by atoms with Gasteiger partial charge in [0, 0.05) is 13.5 Å². The third-order valence-electron chi connectivity index (χ3n) is 7.61. The van der Waals surface area contributed by atoms with Crippen molar-refractivity contribution in [2.75, 3.05) is 20.3 Å². The van der Waals surface area contributed by atoms with Gasteiger partial charge in [0.2, 0.25) is 0 Å². The fraction of sp³-hybridized carbons (Fsp3) is 0.379. The third kappa shape index (κ3) is 4.58. The summed E-state index contributed by atoms with van der Waals surface area (Å²) in [5, 5.41) is 12.6. The molecule has 5 rings (SSSR count). The Morgan fingerprint density at radius 2 is 1.75 bits per heavy atom. The molecule has 1 saturated heterocycles. The zero-order valence-electron chi connectivity index (χ0n) is 23.5. The largest absolute Gasteiger partial charge is 0.462 e. The van der Waals surface area contributed by atoms with Gasteiger partial charge < -0.3 is 14.1 Å². The highest BCUT2D eigenvalue weighted by Gasteiger charge is 2.56. The van der Waals surface area contributed by atoms with Crippen molar-refractivity contribution in [2.45, 2.75) is 50.9 Å². The summed E-state index contributed by atoms with van der Waals surface area (Å²) >= 11 is 0. The lowest BCUT2D eigenvalue weighted by Crippen LogP contribution is -2.67. The first-order valence-corrected chi connectivity index (χ1v) is 15.3. The average Bonchev–Trinajstić information content (AvgIpc) is 3.55. The number of hydroxylamine groups is 2. The molecule has 0 aliphatic carbocycles. The second kappa shape index (κ2) is 10.7. The van der Waals surface area contributed by atoms with Crippen molar-refractivity contribution in [2.24, 2.45) is 0 Å². The molecule has 10 nitrogen and oxygen atoms in total. The lowest BCUT2D eigenvalue weighted by molar-refractivity contribution is -0.238. The first-order valence-electron chi connectivity index (χ1n) is 13.4. The molecule has 2 N–H and O–H groups in total. The lowest BCUT2D eigenvalue weighted by atomic mass is 10.1. The van der Waals surface area contributed by atoms with E-state index in [9.17, 15) is 4.79 Å². The van der Waals surface area contributed by atoms with Gasteiger partial charge in [-0.1, -0.05) is 81.4 Å². The van der Waals surface area contributed by atoms with E-state index in [0.29, 0.717) is 17.8 Å². The van der Waals surface area contributed by atoms with Crippen LogP contribution in [0.25, 0.3) is 11.2 Å². The number of ether oxygens (including phenoxy) is 1. The number of nitrogens with one attached hydrogen (secondary N) is 2. The molecule has 0 unspecified atom stereocenters. The number of carbonyl (C=O) groups is 1. The Kier molecular flexibility index (Phi) is 7.49. The number of nitrogens with zero attached hydrogens (tertiary/aromatic N) is 4. The van der Waals surface area contributed by atoms with Gasteiger partial charge in [0.1, 0.15) is 11.8 Å². The summed E-state index contributed by atoms with van der Waals surface area (Å²) in [4.78, 5) is 31.2. The van der Waals surface area contributed by atoms with Crippen LogP contribution in [0.2, 0.25) is 5.04 Å². The smallest absolute Gasteiger partial charge is 0.362 e. The van der Waals surface area contributed by atoms with Crippen molar-refractivity contribution >= 4 is 35.8 Å². The Morgan fingerprint density at radius 3 is 2.33 bits per heavy atom. The molecule has 210 valence electrons. The summed E-state index contributed by atoms with van der Waals surface area (Å²) in [5.74, 6) is -0.589. The molecule has 4 aromatic rings. The zero-order valence-corrected chi connectivity index (χ0v) is 24.5. The second-order valence-electron chi connectivity index (χ2n) is 11.0. The number of aromatic nitrogens is 4. The maximum atomic E-state index is 13.5. The van der Waals surface area contributed by atoms with E-state index in [-0.39, 0.29) is 29.6 Å². The Bertz CT molecular complexity index is 1500. The van der Waals surface area contributed by atoms with E-state index < -0.39 is 20.0 Å². The summed E-state index contributed by atoms with van der Waals surface area (Å²) < 4.78 is 14.1. The Morgan fingerprint density at radius 1 is 1.12 bits per heavy atom. The van der Waals surface area contributed by atoms with Crippen LogP contribution in [0.3, 0.4) is 0 Å². The zero-order chi connectivity index (χ0) is 28.5. The van der Waals surface area contributed by atoms with Gasteiger partial charge in [0.25, 0.3) is 14.0 Å². The Balaban J connectivity index is 1.55. The summed E-state index contributed by atoms with van der Waals surface area (Å²) in [5.41, 5.74) is -0.798. The van der Waals surface area contributed by atoms with E-state index in [2.05, 4.69) is 84.3 Å². The lowest BCUT2D eigenvalue weighted by Gasteiger charge is -2.43. The fourth-order valence-corrected chi connectivity index (χ4v) is 10.3. The van der Waals surface area contributed by atoms with Crippen LogP contribution in [0.4, 0.5) is 0 Å². The topological polar surface area (TPSA) is 118 Å². The van der Waals surface area contributed by atoms with Gasteiger partial charge in [0.15, 0.2) is 11.1 Å². The summed E-state index contributed by atoms with van der Waals surface area (Å²) in [7, 11) is -1.04. The summed E-state index contributed by atoms with van der Waals surface area (Å²) in [6, 6.07) is 20.5. The SMILES string of the molecule is CCOC(=O)[C@@]1(n2cnc3nc[nH]c3c2=N)C[C@H](CO[Si](c2ccccc2)(c2ccccc2)C(C)(C)C)N(C)O1. The number of imidazole rings is 1. The maximum Gasteiger partial charge on any atom is 0.362 e. The Hall–Kier alpha value is -3.64. The minimum absolute atomic E-state index is 0.0255. The fourth-order valence-electron chi connectivity index (χ4n) is 5.67. The molecule has 1 fully saturated rings. The highest BCUT2D eigenvalue weighted by Crippen LogP contribution is 2.39. The summed E-state index contributed by atoms with van der Waals surface area (Å²) in [6.07, 6.45) is 3.10. The monoisotopic (exact) mass is 560 g/mol. The van der Waals surface area contributed by atoms with E-state index in [1.807, 2.05) is 12.1 Å². The number of hydrogen-bond donors (Lipinski definition) is 2. The van der Waals surface area contributed by atoms with E-state index in [1.54, 1.807) is 19.0 Å². The average molecular weight is 561 g/mol. The number of likely N-dealkylation sites (N-methyl/N-ethyl adjacent to an activating group) is 1. The number of benzene rings is 2. The van der Waals surface area contributed by atoms with Gasteiger partial charge in [-0.3, -0.25) is 14.8 Å². The highest BCUT2D eigenvalue weighted by atomic mass is 28.4. The molecule has 11 heteroatoms. The molecule has 2 aromatic carbocycles. The van der Waals surface area contributed by atoms with Gasteiger partial charge in [-0.15, -0.1) is 0 Å². The number of H-pyrrole nitrogens is 1. The molecule has 0 radical (unpaired) electrons. The van der Waals surface area contributed by atoms with Crippen LogP contribution in [0.1, 0.15) is 34.1 Å². The van der Waals surface area contributed by atoms with Gasteiger partial charge in [-0.05, 0) is 22.3 Å². The van der Waals surface area contributed by atoms with Gasteiger partial charge >= 0.3 is 5.97 Å². The molecule has 0 bridgehead atoms. The van der Waals surface area contributed by atoms with Crippen molar-refractivity contribution in [1.29, 1.82) is 5.41 Å². The quantitative estimate of drug-likeness (QED) is 0.251. The van der Waals surface area contributed by atoms with Crippen LogP contribution in [0.5, 0.6) is 0 Å². The Labute approximate surface area is 234 Å². The molecule has 1 aliphatic rings. The first kappa shape index (κ1) is 27.9. The molecule has 0 amide bonds. The molecule has 3 heterocycles. The molecule has 2 aromatic heterocycles. The van der Waals surface area contributed by atoms with Gasteiger partial charge in [-0.2, -0.15) is 5.06 Å². The molecule has 1 aliphatic heterocycles. The minimum atomic E-state index is -2.82. The number of carbonyl (C=O) groups excluding carboxylic acids is 1. The van der Waals surface area contributed by atoms with Crippen LogP contribution in [0.15, 0.2) is 73.3 Å². The predicted molar refractivity (Wildman–Crippen MR) is 153 cm³/mol. The van der Waals surface area contributed by atoms with E-state index in [4.69, 9.17) is 19.4 Å². The van der Waals surface area contributed by atoms with Gasteiger partial charge in [0.05, 0.1) is 25.6 Å². The van der Waals surface area contributed by atoms with E-state index in [0.717, 1.165) is 0 Å². The van der Waals surface area contributed by atoms with Crippen molar-refractivity contribution in [3.05, 3.63) is 78.8 Å². The molecule has 40 heavy (non-hydrogen) atoms. The van der Waals surface area contributed by atoms with Crippen LogP contribution < -0.4 is 15.9 Å². The van der Waals surface area contributed by atoms with Crippen LogP contribution in [0, 0.1) is 5.41 Å². The standard InChI is InChI=1S/C29H36N6O4Si/c1-6-37-27(36)29(35-20-33-26-24(25(35)30)31-19-32-26)17-21(34(5)39-29)18-38-40(28(2,3)4,22-13-9-7-10-14-22)23-15-11-8-12-16-23/h7-16,19-21,30H,6,17-18H2,1-5H3,(H,31,32)/t21-,29-/m1/s1. The van der Waals surface area contributed by atoms with Crippen molar-refractivity contribution in [1.82, 2.24) is 24.6 Å². The highest BCUT2D eigenvalue weighted by molar-refractivity contribution is 6.99. The molecule has 0 saturated carbocycles. The third-order valence-corrected chi connectivity index (χ3v) is 12.6. The maximum absolute atomic E-state index is 13.5. The second-order valence-corrected chi connectivity index (χ2v) is 15.3. The molecular formula is C29H36N6O4Si. The number of hydrogen-bond acceptors (Lipinski definition) is 8. The summed E-state index contributed by atoms with van der Waals surface area (Å²) in [6.45, 7) is 8.90. The van der Waals surface area contributed by atoms with Crippen LogP contribution >= 0.6 is 0 Å². The number of rotatable bonds is 8. The first-order chi connectivity index (χ1) is 19.1. The minimum Gasteiger partial charge on any atom is -0.462 e. The predicted octanol–water partition coefficient (Wildman–Crippen LogP) is 2.67.